The molecule has 0 aromatic carbocycles. The Balaban J connectivity index is -0.0000000125. The van der Waals surface area contributed by atoms with E-state index < -0.39 is 0 Å². The van der Waals surface area contributed by atoms with Gasteiger partial charge in [0.15, 0.2) is 0 Å². The van der Waals surface area contributed by atoms with Gasteiger partial charge in [0.25, 0.3) is 0 Å². The molecule has 0 unspecified atom stereocenters. The molecule has 0 fully saturated rings. The SMILES string of the molecule is CC[NH-].CO.CO.[CH2-]C(C)C.[CH3-].[Ti+3]. The van der Waals surface area contributed by atoms with Crippen molar-refractivity contribution in [1.29, 1.82) is 0 Å². The Morgan fingerprint density at radius 1 is 1.15 bits per heavy atom. The van der Waals surface area contributed by atoms with Crippen LogP contribution in [0.15, 0.2) is 0 Å². The topological polar surface area (TPSA) is 64.3 Å². The summed E-state index contributed by atoms with van der Waals surface area (Å²) < 4.78 is 0. The summed E-state index contributed by atoms with van der Waals surface area (Å²) in [5, 5.41) is 14.0. The zero-order valence-electron chi connectivity index (χ0n) is 9.89. The predicted molar refractivity (Wildman–Crippen MR) is 57.8 cm³/mol. The van der Waals surface area contributed by atoms with Gasteiger partial charge in [-0.05, 0) is 0 Å². The molecule has 0 rings (SSSR count). The van der Waals surface area contributed by atoms with Crippen LogP contribution in [-0.2, 0) is 21.7 Å². The number of aliphatic hydroxyl groups excluding tert-OH is 2. The Labute approximate surface area is 99.6 Å². The fraction of sp³-hybridized carbons (Fsp3) is 0.778. The maximum Gasteiger partial charge on any atom is 3.00 e. The summed E-state index contributed by atoms with van der Waals surface area (Å²) in [5.74, 6) is 0.583. The molecule has 4 heteroatoms. The average molecular weight is 228 g/mol. The van der Waals surface area contributed by atoms with Crippen LogP contribution in [0.5, 0.6) is 0 Å². The molecule has 0 aromatic rings. The number of aliphatic hydroxyl groups is 2. The Morgan fingerprint density at radius 3 is 1.15 bits per heavy atom. The monoisotopic (exact) mass is 228 g/mol. The normalized spacial score (nSPS) is 5.08. The van der Waals surface area contributed by atoms with Gasteiger partial charge in [-0.2, -0.15) is 12.5 Å². The van der Waals surface area contributed by atoms with Crippen molar-refractivity contribution in [3.63, 3.8) is 0 Å². The van der Waals surface area contributed by atoms with Gasteiger partial charge in [0.1, 0.15) is 0 Å². The van der Waals surface area contributed by atoms with Crippen LogP contribution in [0.25, 0.3) is 5.73 Å². The fourth-order valence-electron chi connectivity index (χ4n) is 0. The summed E-state index contributed by atoms with van der Waals surface area (Å²) in [5.41, 5.74) is 6.21. The molecule has 3 N–H and O–H groups in total. The van der Waals surface area contributed by atoms with Crippen molar-refractivity contribution in [2.75, 3.05) is 20.8 Å². The maximum absolute atomic E-state index is 7.00. The molecule has 0 atom stereocenters. The van der Waals surface area contributed by atoms with Crippen molar-refractivity contribution in [1.82, 2.24) is 0 Å². The molecular weight excluding hydrogens is 202 g/mol. The first-order valence-electron chi connectivity index (χ1n) is 3.52. The average Bonchev–Trinajstić information content (AvgIpc) is 1.96. The van der Waals surface area contributed by atoms with E-state index in [-0.39, 0.29) is 29.1 Å². The molecule has 0 bridgehead atoms. The number of rotatable bonds is 0. The van der Waals surface area contributed by atoms with Crippen LogP contribution in [0, 0.1) is 20.3 Å². The molecule has 0 spiro atoms. The molecular formula is C9H26NO2Ti. The molecule has 0 saturated heterocycles. The van der Waals surface area contributed by atoms with E-state index >= 15 is 0 Å². The van der Waals surface area contributed by atoms with E-state index in [1.54, 1.807) is 6.92 Å². The molecule has 0 aromatic heterocycles. The van der Waals surface area contributed by atoms with Crippen LogP contribution in [0.3, 0.4) is 0 Å². The van der Waals surface area contributed by atoms with Gasteiger partial charge >= 0.3 is 21.7 Å². The van der Waals surface area contributed by atoms with E-state index in [0.29, 0.717) is 12.5 Å². The standard InChI is InChI=1S/C4H9.C2H6N.2CH4O.CH3.Ti/c1-4(2)3;1-2-3;2*1-2;;/h4H,1H2,2-3H3;3H,2H2,1H3;2*2H,1H3;1H3;/q2*-1;;;-1;+3. The van der Waals surface area contributed by atoms with E-state index in [2.05, 4.69) is 20.8 Å². The van der Waals surface area contributed by atoms with Gasteiger partial charge in [0, 0.05) is 14.2 Å². The summed E-state index contributed by atoms with van der Waals surface area (Å²) in [4.78, 5) is 0. The molecule has 0 heterocycles. The minimum Gasteiger partial charge on any atom is -0.678 e. The van der Waals surface area contributed by atoms with Crippen molar-refractivity contribution in [3.8, 4) is 0 Å². The van der Waals surface area contributed by atoms with Gasteiger partial charge in [-0.25, -0.2) is 0 Å². The number of hydrogen-bond donors (Lipinski definition) is 2. The smallest absolute Gasteiger partial charge is 0.678 e. The largest absolute Gasteiger partial charge is 3.00 e. The molecule has 0 aliphatic heterocycles. The zero-order valence-corrected chi connectivity index (χ0v) is 11.4. The van der Waals surface area contributed by atoms with Gasteiger partial charge in [-0.1, -0.05) is 20.8 Å². The molecule has 83 valence electrons. The first kappa shape index (κ1) is 37.4. The van der Waals surface area contributed by atoms with E-state index in [0.717, 1.165) is 14.2 Å². The second-order valence-electron chi connectivity index (χ2n) is 1.75. The minimum atomic E-state index is 0. The van der Waals surface area contributed by atoms with E-state index in [1.807, 2.05) is 0 Å². The van der Waals surface area contributed by atoms with Crippen molar-refractivity contribution < 1.29 is 31.9 Å². The number of nitrogens with one attached hydrogen (secondary N) is 1. The van der Waals surface area contributed by atoms with Crippen LogP contribution in [0.4, 0.5) is 0 Å². The second kappa shape index (κ2) is 80.2. The molecule has 0 aliphatic carbocycles. The summed E-state index contributed by atoms with van der Waals surface area (Å²) in [6.07, 6.45) is 0. The molecule has 1 radical (unpaired) electrons. The molecule has 0 aliphatic rings. The third-order valence-electron chi connectivity index (χ3n) is 0. The van der Waals surface area contributed by atoms with Crippen LogP contribution < -0.4 is 0 Å². The van der Waals surface area contributed by atoms with E-state index in [4.69, 9.17) is 15.9 Å². The van der Waals surface area contributed by atoms with E-state index in [1.165, 1.54) is 0 Å². The Hall–Kier alpha value is 0.594. The van der Waals surface area contributed by atoms with Gasteiger partial charge in [0.05, 0.1) is 0 Å². The zero-order chi connectivity index (χ0) is 10.3. The van der Waals surface area contributed by atoms with Crippen LogP contribution in [0.1, 0.15) is 20.8 Å². The van der Waals surface area contributed by atoms with Crippen molar-refractivity contribution in [2.24, 2.45) is 5.92 Å². The molecule has 13 heavy (non-hydrogen) atoms. The number of hydrogen-bond acceptors (Lipinski definition) is 2. The molecule has 3 nitrogen and oxygen atoms in total. The van der Waals surface area contributed by atoms with E-state index in [9.17, 15) is 0 Å². The van der Waals surface area contributed by atoms with Crippen LogP contribution in [0.2, 0.25) is 0 Å². The summed E-state index contributed by atoms with van der Waals surface area (Å²) in [7, 11) is 2.00. The van der Waals surface area contributed by atoms with Crippen molar-refractivity contribution >= 4 is 0 Å². The van der Waals surface area contributed by atoms with Gasteiger partial charge in [-0.15, -0.1) is 0 Å². The van der Waals surface area contributed by atoms with Crippen LogP contribution in [-0.4, -0.2) is 31.0 Å². The molecule has 0 saturated carbocycles. The third-order valence-corrected chi connectivity index (χ3v) is 0. The van der Waals surface area contributed by atoms with Gasteiger partial charge in [0.2, 0.25) is 0 Å². The summed E-state index contributed by atoms with van der Waals surface area (Å²) >= 11 is 0. The Morgan fingerprint density at radius 2 is 1.15 bits per heavy atom. The van der Waals surface area contributed by atoms with Gasteiger partial charge < -0.3 is 30.3 Å². The van der Waals surface area contributed by atoms with Crippen molar-refractivity contribution in [2.45, 2.75) is 20.8 Å². The first-order chi connectivity index (χ1) is 5.15. The van der Waals surface area contributed by atoms with Crippen molar-refractivity contribution in [3.05, 3.63) is 20.1 Å². The fourth-order valence-corrected chi connectivity index (χ4v) is 0. The Bertz CT molecular complexity index is 28.8. The third kappa shape index (κ3) is 4000. The quantitative estimate of drug-likeness (QED) is 0.493. The van der Waals surface area contributed by atoms with Gasteiger partial charge in [-0.3, -0.25) is 0 Å². The predicted octanol–water partition coefficient (Wildman–Crippen LogP) is 2.20. The summed E-state index contributed by atoms with van der Waals surface area (Å²) in [6.45, 7) is 10.0. The minimum absolute atomic E-state index is 0. The van der Waals surface area contributed by atoms with Crippen LogP contribution >= 0.6 is 0 Å². The summed E-state index contributed by atoms with van der Waals surface area (Å²) in [6, 6.07) is 0. The second-order valence-corrected chi connectivity index (χ2v) is 1.75. The first-order valence-corrected chi connectivity index (χ1v) is 3.52. The Kier molecular flexibility index (Phi) is 231. The maximum atomic E-state index is 7.00. The molecule has 0 amide bonds.